The zero-order chi connectivity index (χ0) is 36.4. The molecule has 52 heavy (non-hydrogen) atoms. The molecule has 5 heterocycles. The van der Waals surface area contributed by atoms with E-state index in [4.69, 9.17) is 42.6 Å². The Labute approximate surface area is 314 Å². The number of aromatic nitrogens is 2. The Balaban J connectivity index is 1.11. The van der Waals surface area contributed by atoms with E-state index in [0.717, 1.165) is 92.0 Å². The van der Waals surface area contributed by atoms with Crippen LogP contribution in [0.5, 0.6) is 11.6 Å². The van der Waals surface area contributed by atoms with Crippen molar-refractivity contribution in [1.29, 1.82) is 0 Å². The highest BCUT2D eigenvalue weighted by Crippen LogP contribution is 2.43. The van der Waals surface area contributed by atoms with Gasteiger partial charge in [-0.05, 0) is 61.4 Å². The van der Waals surface area contributed by atoms with Crippen LogP contribution in [0.4, 0.5) is 0 Å². The van der Waals surface area contributed by atoms with Crippen molar-refractivity contribution < 1.29 is 19.1 Å². The molecule has 7 rings (SSSR count). The molecule has 3 aliphatic heterocycles. The van der Waals surface area contributed by atoms with Crippen LogP contribution in [0.15, 0.2) is 54.7 Å². The van der Waals surface area contributed by atoms with Crippen LogP contribution in [-0.4, -0.2) is 78.1 Å². The second-order valence-electron chi connectivity index (χ2n) is 13.8. The molecule has 272 valence electrons. The first-order valence-corrected chi connectivity index (χ1v) is 18.7. The summed E-state index contributed by atoms with van der Waals surface area (Å²) in [7, 11) is 3.31. The molecule has 0 spiro atoms. The Hall–Kier alpha value is -4.22. The van der Waals surface area contributed by atoms with E-state index in [-0.39, 0.29) is 18.0 Å². The summed E-state index contributed by atoms with van der Waals surface area (Å²) in [6, 6.07) is 15.8. The molecule has 4 aromatic rings. The Bertz CT molecular complexity index is 1960. The van der Waals surface area contributed by atoms with Crippen LogP contribution in [0.2, 0.25) is 10.0 Å². The summed E-state index contributed by atoms with van der Waals surface area (Å²) in [5.41, 5.74) is 7.84. The summed E-state index contributed by atoms with van der Waals surface area (Å²) >= 11 is 14.3. The van der Waals surface area contributed by atoms with Crippen molar-refractivity contribution in [1.82, 2.24) is 30.4 Å². The van der Waals surface area contributed by atoms with Gasteiger partial charge in [-0.1, -0.05) is 47.5 Å². The average Bonchev–Trinajstić information content (AvgIpc) is 3.58. The van der Waals surface area contributed by atoms with Gasteiger partial charge in [0.2, 0.25) is 17.7 Å². The first-order valence-electron chi connectivity index (χ1n) is 17.9. The Morgan fingerprint density at radius 3 is 2.48 bits per heavy atom. The van der Waals surface area contributed by atoms with Crippen molar-refractivity contribution in [3.05, 3.63) is 81.5 Å². The van der Waals surface area contributed by atoms with Gasteiger partial charge in [-0.25, -0.2) is 4.98 Å². The third kappa shape index (κ3) is 7.62. The molecule has 1 atom stereocenters. The number of likely N-dealkylation sites (tertiary alicyclic amines) is 1. The van der Waals surface area contributed by atoms with E-state index < -0.39 is 0 Å². The van der Waals surface area contributed by atoms with Crippen molar-refractivity contribution in [3.8, 4) is 45.3 Å². The lowest BCUT2D eigenvalue weighted by Gasteiger charge is -2.36. The number of nitrogens with one attached hydrogen (secondary N) is 2. The highest BCUT2D eigenvalue weighted by molar-refractivity contribution is 6.39. The van der Waals surface area contributed by atoms with Crippen molar-refractivity contribution in [3.63, 3.8) is 0 Å². The third-order valence-corrected chi connectivity index (χ3v) is 11.4. The fourth-order valence-corrected chi connectivity index (χ4v) is 8.33. The first kappa shape index (κ1) is 36.2. The second-order valence-corrected chi connectivity index (χ2v) is 14.6. The molecule has 2 N–H and O–H groups in total. The Morgan fingerprint density at radius 2 is 1.75 bits per heavy atom. The minimum Gasteiger partial charge on any atom is -0.496 e. The Morgan fingerprint density at radius 1 is 0.962 bits per heavy atom. The molecule has 0 bridgehead atoms. The fraction of sp³-hybridized carbons (Fsp3) is 0.400. The number of hydrogen-bond donors (Lipinski definition) is 2. The van der Waals surface area contributed by atoms with Crippen LogP contribution in [0.3, 0.4) is 0 Å². The number of halogens is 2. The number of methoxy groups -OCH3 is 2. The van der Waals surface area contributed by atoms with Gasteiger partial charge >= 0.3 is 0 Å². The zero-order valence-electron chi connectivity index (χ0n) is 29.8. The molecule has 2 aromatic carbocycles. The van der Waals surface area contributed by atoms with Crippen LogP contribution in [0, 0.1) is 5.92 Å². The number of hydrogen-bond acceptors (Lipinski definition) is 8. The van der Waals surface area contributed by atoms with Crippen molar-refractivity contribution in [2.24, 2.45) is 5.92 Å². The van der Waals surface area contributed by atoms with E-state index in [0.29, 0.717) is 46.2 Å². The molecule has 0 aliphatic carbocycles. The molecule has 12 heteroatoms. The summed E-state index contributed by atoms with van der Waals surface area (Å²) in [6.07, 6.45) is 5.97. The molecule has 3 aliphatic rings. The maximum absolute atomic E-state index is 11.8. The number of fused-ring (bicyclic) bond motifs is 1. The van der Waals surface area contributed by atoms with Gasteiger partial charge in [0, 0.05) is 92.2 Å². The smallest absolute Gasteiger partial charge is 0.221 e. The van der Waals surface area contributed by atoms with Gasteiger partial charge in [0.1, 0.15) is 5.75 Å². The topological polar surface area (TPSA) is 109 Å². The largest absolute Gasteiger partial charge is 0.496 e. The lowest BCUT2D eigenvalue weighted by Crippen LogP contribution is -2.41. The zero-order valence-corrected chi connectivity index (χ0v) is 31.3. The summed E-state index contributed by atoms with van der Waals surface area (Å²) in [4.78, 5) is 37.4. The molecule has 0 radical (unpaired) electrons. The van der Waals surface area contributed by atoms with Crippen LogP contribution in [0.1, 0.15) is 49.3 Å². The van der Waals surface area contributed by atoms with E-state index >= 15 is 0 Å². The summed E-state index contributed by atoms with van der Waals surface area (Å²) in [5, 5.41) is 7.30. The lowest BCUT2D eigenvalue weighted by molar-refractivity contribution is -0.130. The Kier molecular flexibility index (Phi) is 11.0. The number of pyridine rings is 2. The van der Waals surface area contributed by atoms with Gasteiger partial charge < -0.3 is 19.7 Å². The summed E-state index contributed by atoms with van der Waals surface area (Å²) < 4.78 is 11.6. The molecule has 2 aromatic heterocycles. The van der Waals surface area contributed by atoms with Crippen molar-refractivity contribution >= 4 is 35.0 Å². The van der Waals surface area contributed by atoms with Gasteiger partial charge in [-0.2, -0.15) is 0 Å². The van der Waals surface area contributed by atoms with Crippen LogP contribution in [-0.2, 0) is 29.1 Å². The minimum atomic E-state index is -0.0647. The highest BCUT2D eigenvalue weighted by Gasteiger charge is 2.27. The number of carbonyl (C=O) groups excluding carboxylic acids is 2. The minimum absolute atomic E-state index is 0.0546. The van der Waals surface area contributed by atoms with E-state index in [9.17, 15) is 9.59 Å². The van der Waals surface area contributed by atoms with Gasteiger partial charge in [0.15, 0.2) is 0 Å². The second kappa shape index (κ2) is 15.8. The van der Waals surface area contributed by atoms with Gasteiger partial charge in [-0.15, -0.1) is 0 Å². The van der Waals surface area contributed by atoms with Crippen molar-refractivity contribution in [2.75, 3.05) is 40.4 Å². The normalized spacial score (nSPS) is 17.9. The fourth-order valence-electron chi connectivity index (χ4n) is 7.68. The third-order valence-electron chi connectivity index (χ3n) is 10.6. The summed E-state index contributed by atoms with van der Waals surface area (Å²) in [6.45, 7) is 6.66. The van der Waals surface area contributed by atoms with Gasteiger partial charge in [0.05, 0.1) is 41.8 Å². The van der Waals surface area contributed by atoms with E-state index in [1.54, 1.807) is 27.3 Å². The molecular formula is C40H44Cl2N6O4. The lowest BCUT2D eigenvalue weighted by atomic mass is 9.91. The number of piperidine rings is 1. The molecule has 1 unspecified atom stereocenters. The number of benzene rings is 2. The van der Waals surface area contributed by atoms with Crippen LogP contribution < -0.4 is 20.1 Å². The van der Waals surface area contributed by atoms with Crippen LogP contribution >= 0.6 is 23.2 Å². The van der Waals surface area contributed by atoms with E-state index in [1.807, 2.05) is 47.4 Å². The van der Waals surface area contributed by atoms with Gasteiger partial charge in [0.25, 0.3) is 0 Å². The molecule has 2 fully saturated rings. The number of nitrogens with zero attached hydrogens (tertiary/aromatic N) is 4. The van der Waals surface area contributed by atoms with E-state index in [1.165, 1.54) is 11.1 Å². The molecule has 0 saturated carbocycles. The predicted octanol–water partition coefficient (Wildman–Crippen LogP) is 6.74. The standard InChI is InChI=1S/C40H44Cl2N6O4/c1-24(49)48-17-12-25(13-18-48)22-47-16-14-26-19-28(20-34(51-2)32(26)23-47)39-38(42)30(11-15-43-39)29-5-4-6-31(37(29)41)33-8-7-27(40(45-33)52-3)21-44-35-9-10-36(50)46-35/h4-8,11,15,19-20,25,35,44H,9-10,12-14,16-18,21-23H2,1-3H3,(H,46,50). The van der Waals surface area contributed by atoms with E-state index in [2.05, 4.69) is 21.6 Å². The monoisotopic (exact) mass is 742 g/mol. The number of rotatable bonds is 10. The molecule has 2 saturated heterocycles. The molecule has 10 nitrogen and oxygen atoms in total. The number of ether oxygens (including phenoxy) is 2. The SMILES string of the molecule is COc1cc(-c2nccc(-c3cccc(-c4ccc(CNC5CCC(=O)N5)c(OC)n4)c3Cl)c2Cl)cc2c1CN(CC1CCN(C(C)=O)CC1)CC2. The summed E-state index contributed by atoms with van der Waals surface area (Å²) in [5.74, 6) is 2.13. The van der Waals surface area contributed by atoms with Crippen LogP contribution in [0.25, 0.3) is 33.6 Å². The predicted molar refractivity (Wildman–Crippen MR) is 203 cm³/mol. The first-order chi connectivity index (χ1) is 25.2. The van der Waals surface area contributed by atoms with Gasteiger partial charge in [-0.3, -0.25) is 24.8 Å². The highest BCUT2D eigenvalue weighted by atomic mass is 35.5. The quantitative estimate of drug-likeness (QED) is 0.184. The average molecular weight is 744 g/mol. The molecule has 2 amide bonds. The van der Waals surface area contributed by atoms with Crippen molar-refractivity contribution in [2.45, 2.75) is 58.3 Å². The molecular weight excluding hydrogens is 699 g/mol. The number of amides is 2. The maximum Gasteiger partial charge on any atom is 0.221 e. The maximum atomic E-state index is 11.8. The number of carbonyl (C=O) groups is 2.